The summed E-state index contributed by atoms with van der Waals surface area (Å²) < 4.78 is 14.5. The summed E-state index contributed by atoms with van der Waals surface area (Å²) in [5.41, 5.74) is 0. The minimum atomic E-state index is -5.39. The molecular formula is C18H24N3O4P. The zero-order chi connectivity index (χ0) is 19.8. The van der Waals surface area contributed by atoms with Crippen LogP contribution < -0.4 is 28.4 Å². The van der Waals surface area contributed by atoms with Crippen LogP contribution in [-0.4, -0.2) is 0 Å². The van der Waals surface area contributed by atoms with E-state index in [0.29, 0.717) is 0 Å². The van der Waals surface area contributed by atoms with Crippen LogP contribution in [0, 0.1) is 0 Å². The van der Waals surface area contributed by atoms with Crippen molar-refractivity contribution in [3.8, 4) is 0 Å². The lowest BCUT2D eigenvalue weighted by Gasteiger charge is -2.36. The maximum Gasteiger partial charge on any atom is 0.168 e. The van der Waals surface area contributed by atoms with Crippen LogP contribution >= 0.6 is 7.82 Å². The molecule has 0 aliphatic rings. The van der Waals surface area contributed by atoms with Crippen LogP contribution in [0.5, 0.6) is 0 Å². The van der Waals surface area contributed by atoms with Crippen LogP contribution in [0.3, 0.4) is 0 Å². The molecule has 0 unspecified atom stereocenters. The highest BCUT2D eigenvalue weighted by Crippen LogP contribution is 2.03. The van der Waals surface area contributed by atoms with Gasteiger partial charge in [0.1, 0.15) is 21.1 Å². The highest BCUT2D eigenvalue weighted by Gasteiger charge is 1.79. The fourth-order valence-corrected chi connectivity index (χ4v) is 1.45. The standard InChI is InChI=1S/3C6H8N.H3O4P/c3*1-7-5-3-2-4-6-7;1-5(2,3)4/h3*2-6H,1H3;(H3,1,2,3,4)/q3*+1;/p-3. The molecule has 0 atom stereocenters. The van der Waals surface area contributed by atoms with Gasteiger partial charge >= 0.3 is 0 Å². The van der Waals surface area contributed by atoms with Crippen molar-refractivity contribution in [3.63, 3.8) is 0 Å². The van der Waals surface area contributed by atoms with Gasteiger partial charge in [-0.3, -0.25) is 0 Å². The molecule has 0 radical (unpaired) electrons. The Kier molecular flexibility index (Phi) is 12.5. The number of aromatic nitrogens is 3. The van der Waals surface area contributed by atoms with E-state index in [1.807, 2.05) is 127 Å². The first-order chi connectivity index (χ1) is 12.2. The third-order valence-corrected chi connectivity index (χ3v) is 2.59. The van der Waals surface area contributed by atoms with Gasteiger partial charge in [0, 0.05) is 36.4 Å². The Morgan fingerprint density at radius 3 is 0.731 bits per heavy atom. The SMILES string of the molecule is C[n+]1ccccc1.C[n+]1ccccc1.C[n+]1ccccc1.O=P([O-])([O-])[O-]. The highest BCUT2D eigenvalue weighted by molar-refractivity contribution is 7.40. The third-order valence-electron chi connectivity index (χ3n) is 2.59. The molecule has 3 aromatic heterocycles. The largest absolute Gasteiger partial charge is 0.822 e. The van der Waals surface area contributed by atoms with E-state index < -0.39 is 7.82 Å². The number of phosphoric acid groups is 1. The number of aryl methyl sites for hydroxylation is 3. The van der Waals surface area contributed by atoms with Gasteiger partial charge in [-0.05, 0) is 0 Å². The van der Waals surface area contributed by atoms with Gasteiger partial charge in [0.15, 0.2) is 37.2 Å². The number of hydrogen-bond acceptors (Lipinski definition) is 4. The summed E-state index contributed by atoms with van der Waals surface area (Å²) in [7, 11) is 0.611. The molecule has 0 aromatic carbocycles. The highest BCUT2D eigenvalue weighted by atomic mass is 31.2. The molecule has 0 saturated carbocycles. The Morgan fingerprint density at radius 1 is 0.500 bits per heavy atom. The molecule has 0 amide bonds. The van der Waals surface area contributed by atoms with Crippen molar-refractivity contribution in [2.24, 2.45) is 21.1 Å². The second-order valence-electron chi connectivity index (χ2n) is 5.07. The van der Waals surface area contributed by atoms with Crippen molar-refractivity contribution >= 4 is 7.82 Å². The van der Waals surface area contributed by atoms with Gasteiger partial charge < -0.3 is 19.2 Å². The van der Waals surface area contributed by atoms with Crippen LogP contribution in [0.25, 0.3) is 0 Å². The van der Waals surface area contributed by atoms with Crippen LogP contribution in [0.4, 0.5) is 0 Å². The zero-order valence-corrected chi connectivity index (χ0v) is 16.0. The van der Waals surface area contributed by atoms with Crippen LogP contribution in [0.2, 0.25) is 0 Å². The minimum Gasteiger partial charge on any atom is -0.822 e. The van der Waals surface area contributed by atoms with E-state index in [1.54, 1.807) is 0 Å². The van der Waals surface area contributed by atoms with Gasteiger partial charge in [-0.25, -0.2) is 13.7 Å². The smallest absolute Gasteiger partial charge is 0.168 e. The van der Waals surface area contributed by atoms with E-state index in [-0.39, 0.29) is 0 Å². The molecule has 0 spiro atoms. The lowest BCUT2D eigenvalue weighted by atomic mass is 10.5. The van der Waals surface area contributed by atoms with E-state index in [1.165, 1.54) is 0 Å². The predicted molar refractivity (Wildman–Crippen MR) is 90.5 cm³/mol. The summed E-state index contributed by atoms with van der Waals surface area (Å²) in [6, 6.07) is 18.0. The van der Waals surface area contributed by atoms with E-state index in [9.17, 15) is 0 Å². The molecule has 3 heterocycles. The molecule has 0 fully saturated rings. The lowest BCUT2D eigenvalue weighted by molar-refractivity contribution is -0.671. The molecule has 0 bridgehead atoms. The minimum absolute atomic E-state index is 2.00. The Balaban J connectivity index is 0.000000324. The number of rotatable bonds is 0. The summed E-state index contributed by atoms with van der Waals surface area (Å²) in [4.78, 5) is 25.6. The van der Waals surface area contributed by atoms with Crippen molar-refractivity contribution in [2.45, 2.75) is 0 Å². The van der Waals surface area contributed by atoms with Crippen molar-refractivity contribution in [2.75, 3.05) is 0 Å². The molecule has 140 valence electrons. The van der Waals surface area contributed by atoms with Gasteiger partial charge in [-0.1, -0.05) is 18.2 Å². The quantitative estimate of drug-likeness (QED) is 0.360. The summed E-state index contributed by atoms with van der Waals surface area (Å²) in [5, 5.41) is 0. The zero-order valence-electron chi connectivity index (χ0n) is 15.1. The third kappa shape index (κ3) is 19.6. The predicted octanol–water partition coefficient (Wildman–Crippen LogP) is -1.29. The van der Waals surface area contributed by atoms with Gasteiger partial charge in [-0.15, -0.1) is 0 Å². The van der Waals surface area contributed by atoms with E-state index in [4.69, 9.17) is 19.2 Å². The molecule has 7 nitrogen and oxygen atoms in total. The van der Waals surface area contributed by atoms with E-state index in [2.05, 4.69) is 0 Å². The molecular weight excluding hydrogens is 353 g/mol. The van der Waals surface area contributed by atoms with E-state index >= 15 is 0 Å². The average molecular weight is 377 g/mol. The second kappa shape index (κ2) is 13.8. The molecule has 8 heteroatoms. The van der Waals surface area contributed by atoms with Gasteiger partial charge in [0.2, 0.25) is 0 Å². The second-order valence-corrected chi connectivity index (χ2v) is 5.96. The molecule has 0 N–H and O–H groups in total. The Bertz CT molecular complexity index is 641. The van der Waals surface area contributed by atoms with Crippen molar-refractivity contribution in [1.29, 1.82) is 0 Å². The number of nitrogens with zero attached hydrogens (tertiary/aromatic N) is 3. The number of pyridine rings is 3. The van der Waals surface area contributed by atoms with Crippen molar-refractivity contribution in [1.82, 2.24) is 0 Å². The first kappa shape index (κ1) is 23.6. The monoisotopic (exact) mass is 377 g/mol. The summed E-state index contributed by atoms with van der Waals surface area (Å²) in [6.45, 7) is 0. The molecule has 3 rings (SSSR count). The van der Waals surface area contributed by atoms with Crippen LogP contribution in [0.1, 0.15) is 0 Å². The number of hydrogen-bond donors (Lipinski definition) is 0. The first-order valence-corrected chi connectivity index (χ1v) is 9.08. The maximum atomic E-state index is 8.55. The molecule has 0 aliphatic heterocycles. The molecule has 0 saturated heterocycles. The molecule has 0 aliphatic carbocycles. The van der Waals surface area contributed by atoms with Gasteiger partial charge in [0.05, 0.1) is 0 Å². The fourth-order valence-electron chi connectivity index (χ4n) is 1.45. The average Bonchev–Trinajstić information content (AvgIpc) is 2.57. The summed E-state index contributed by atoms with van der Waals surface area (Å²) >= 11 is 0. The van der Waals surface area contributed by atoms with Crippen molar-refractivity contribution in [3.05, 3.63) is 91.8 Å². The van der Waals surface area contributed by atoms with Gasteiger partial charge in [0.25, 0.3) is 0 Å². The fraction of sp³-hybridized carbons (Fsp3) is 0.167. The van der Waals surface area contributed by atoms with Gasteiger partial charge in [-0.2, -0.15) is 7.82 Å². The first-order valence-electron chi connectivity index (χ1n) is 7.62. The van der Waals surface area contributed by atoms with E-state index in [0.717, 1.165) is 0 Å². The molecule has 3 aromatic rings. The summed E-state index contributed by atoms with van der Waals surface area (Å²) in [5.74, 6) is 0. The van der Waals surface area contributed by atoms with Crippen molar-refractivity contribution < 1.29 is 32.9 Å². The Labute approximate surface area is 154 Å². The van der Waals surface area contributed by atoms with Crippen LogP contribution in [0.15, 0.2) is 91.8 Å². The lowest BCUT2D eigenvalue weighted by Crippen LogP contribution is -2.25. The topological polar surface area (TPSA) is 97.9 Å². The maximum absolute atomic E-state index is 8.55. The van der Waals surface area contributed by atoms with Crippen LogP contribution in [-0.2, 0) is 25.7 Å². The summed E-state index contributed by atoms with van der Waals surface area (Å²) in [6.07, 6.45) is 12.0. The Morgan fingerprint density at radius 2 is 0.654 bits per heavy atom. The normalized spacial score (nSPS) is 9.31. The Hall–Kier alpha value is -2.44. The molecule has 26 heavy (non-hydrogen) atoms.